The van der Waals surface area contributed by atoms with Gasteiger partial charge in [-0.2, -0.15) is 0 Å². The van der Waals surface area contributed by atoms with Crippen LogP contribution in [0.3, 0.4) is 0 Å². The molecule has 4 rings (SSSR count). The van der Waals surface area contributed by atoms with Gasteiger partial charge in [-0.3, -0.25) is 0 Å². The number of hydrogen-bond acceptors (Lipinski definition) is 5. The van der Waals surface area contributed by atoms with Crippen LogP contribution in [0.5, 0.6) is 17.4 Å². The van der Waals surface area contributed by atoms with Crippen LogP contribution in [0.4, 0.5) is 5.69 Å². The Morgan fingerprint density at radius 3 is 2.75 bits per heavy atom. The van der Waals surface area contributed by atoms with Gasteiger partial charge < -0.3 is 15.2 Å². The average molecular weight is 336 g/mol. The molecule has 0 fully saturated rings. The first-order chi connectivity index (χ1) is 11.8. The minimum atomic E-state index is 0.0780. The van der Waals surface area contributed by atoms with E-state index in [0.717, 1.165) is 22.1 Å². The van der Waals surface area contributed by atoms with Crippen molar-refractivity contribution in [3.05, 3.63) is 72.4 Å². The van der Waals surface area contributed by atoms with Crippen LogP contribution < -0.4 is 15.2 Å². The minimum absolute atomic E-state index is 0.0780. The van der Waals surface area contributed by atoms with Crippen molar-refractivity contribution in [3.8, 4) is 17.4 Å². The molecule has 2 aromatic carbocycles. The summed E-state index contributed by atoms with van der Waals surface area (Å²) in [6, 6.07) is 19.6. The van der Waals surface area contributed by atoms with Crippen LogP contribution in [0.25, 0.3) is 0 Å². The van der Waals surface area contributed by atoms with Crippen molar-refractivity contribution in [1.29, 1.82) is 0 Å². The molecule has 3 aromatic rings. The lowest BCUT2D eigenvalue weighted by molar-refractivity contribution is 0.220. The Hall–Kier alpha value is -2.66. The van der Waals surface area contributed by atoms with Crippen molar-refractivity contribution in [1.82, 2.24) is 4.98 Å². The van der Waals surface area contributed by atoms with E-state index >= 15 is 0 Å². The molecule has 24 heavy (non-hydrogen) atoms. The molecule has 0 spiro atoms. The zero-order chi connectivity index (χ0) is 16.4. The Labute approximate surface area is 144 Å². The standard InChI is InChI=1S/C19H16N2O2S/c20-14-6-9-19(21-11-14)22-15-7-8-16-18(10-15)24-12-17(23-16)13-4-2-1-3-5-13/h1-11,17H,12,20H2. The number of nitrogen functional groups attached to an aromatic ring is 1. The monoisotopic (exact) mass is 336 g/mol. The van der Waals surface area contributed by atoms with E-state index in [-0.39, 0.29) is 6.10 Å². The van der Waals surface area contributed by atoms with Gasteiger partial charge in [-0.25, -0.2) is 4.98 Å². The molecule has 0 saturated carbocycles. The third-order valence-corrected chi connectivity index (χ3v) is 4.83. The molecule has 0 saturated heterocycles. The highest BCUT2D eigenvalue weighted by Gasteiger charge is 2.22. The van der Waals surface area contributed by atoms with E-state index in [1.54, 1.807) is 30.1 Å². The number of ether oxygens (including phenoxy) is 2. The molecule has 120 valence electrons. The van der Waals surface area contributed by atoms with Gasteiger partial charge in [-0.15, -0.1) is 11.8 Å². The van der Waals surface area contributed by atoms with Gasteiger partial charge in [0.15, 0.2) is 0 Å². The predicted octanol–water partition coefficient (Wildman–Crippen LogP) is 4.68. The second-order valence-electron chi connectivity index (χ2n) is 5.47. The third-order valence-electron chi connectivity index (χ3n) is 3.73. The zero-order valence-electron chi connectivity index (χ0n) is 12.9. The maximum absolute atomic E-state index is 6.13. The lowest BCUT2D eigenvalue weighted by Gasteiger charge is -2.26. The topological polar surface area (TPSA) is 57.4 Å². The molecular formula is C19H16N2O2S. The van der Waals surface area contributed by atoms with Crippen molar-refractivity contribution >= 4 is 17.4 Å². The third kappa shape index (κ3) is 3.16. The normalized spacial score (nSPS) is 16.1. The van der Waals surface area contributed by atoms with Gasteiger partial charge >= 0.3 is 0 Å². The fourth-order valence-electron chi connectivity index (χ4n) is 2.52. The van der Waals surface area contributed by atoms with Crippen LogP contribution in [-0.4, -0.2) is 10.7 Å². The summed E-state index contributed by atoms with van der Waals surface area (Å²) in [5.74, 6) is 3.02. The molecule has 0 bridgehead atoms. The van der Waals surface area contributed by atoms with Crippen molar-refractivity contribution in [2.45, 2.75) is 11.0 Å². The second-order valence-corrected chi connectivity index (χ2v) is 6.53. The maximum Gasteiger partial charge on any atom is 0.219 e. The van der Waals surface area contributed by atoms with Crippen molar-refractivity contribution in [2.24, 2.45) is 0 Å². The molecule has 0 aliphatic carbocycles. The van der Waals surface area contributed by atoms with Gasteiger partial charge in [0.2, 0.25) is 5.88 Å². The first kappa shape index (κ1) is 14.9. The molecule has 2 heterocycles. The summed E-state index contributed by atoms with van der Waals surface area (Å²) in [6.07, 6.45) is 1.66. The molecule has 1 aliphatic heterocycles. The molecule has 4 nitrogen and oxygen atoms in total. The largest absolute Gasteiger partial charge is 0.484 e. The van der Waals surface area contributed by atoms with Gasteiger partial charge in [-0.05, 0) is 29.8 Å². The summed E-state index contributed by atoms with van der Waals surface area (Å²) in [6.45, 7) is 0. The number of fused-ring (bicyclic) bond motifs is 1. The second kappa shape index (κ2) is 6.45. The maximum atomic E-state index is 6.13. The van der Waals surface area contributed by atoms with Gasteiger partial charge in [0.05, 0.1) is 16.8 Å². The predicted molar refractivity (Wildman–Crippen MR) is 95.7 cm³/mol. The van der Waals surface area contributed by atoms with Crippen molar-refractivity contribution in [2.75, 3.05) is 11.5 Å². The van der Waals surface area contributed by atoms with Crippen LogP contribution in [0.15, 0.2) is 71.8 Å². The van der Waals surface area contributed by atoms with Crippen LogP contribution in [0.2, 0.25) is 0 Å². The lowest BCUT2D eigenvalue weighted by Crippen LogP contribution is -2.14. The van der Waals surface area contributed by atoms with Crippen LogP contribution in [0, 0.1) is 0 Å². The highest BCUT2D eigenvalue weighted by Crippen LogP contribution is 2.42. The molecule has 1 aromatic heterocycles. The van der Waals surface area contributed by atoms with E-state index in [1.807, 2.05) is 36.4 Å². The number of benzene rings is 2. The van der Waals surface area contributed by atoms with E-state index in [9.17, 15) is 0 Å². The fourth-order valence-corrected chi connectivity index (χ4v) is 3.57. The number of nitrogens with zero attached hydrogens (tertiary/aromatic N) is 1. The highest BCUT2D eigenvalue weighted by atomic mass is 32.2. The van der Waals surface area contributed by atoms with E-state index in [1.165, 1.54) is 5.56 Å². The number of hydrogen-bond donors (Lipinski definition) is 1. The first-order valence-electron chi connectivity index (χ1n) is 7.66. The van der Waals surface area contributed by atoms with Gasteiger partial charge in [0.25, 0.3) is 0 Å². The molecule has 5 heteroatoms. The Bertz CT molecular complexity index is 838. The smallest absolute Gasteiger partial charge is 0.219 e. The Kier molecular flexibility index (Phi) is 4.01. The van der Waals surface area contributed by atoms with Crippen LogP contribution in [0.1, 0.15) is 11.7 Å². The molecular weight excluding hydrogens is 320 g/mol. The van der Waals surface area contributed by atoms with E-state index < -0.39 is 0 Å². The van der Waals surface area contributed by atoms with Gasteiger partial charge in [0.1, 0.15) is 17.6 Å². The van der Waals surface area contributed by atoms with E-state index in [4.69, 9.17) is 15.2 Å². The number of nitrogens with two attached hydrogens (primary N) is 1. The van der Waals surface area contributed by atoms with E-state index in [2.05, 4.69) is 17.1 Å². The van der Waals surface area contributed by atoms with Gasteiger partial charge in [0, 0.05) is 11.8 Å². The SMILES string of the molecule is Nc1ccc(Oc2ccc3c(c2)SCC(c2ccccc2)O3)nc1. The van der Waals surface area contributed by atoms with Crippen molar-refractivity contribution in [3.63, 3.8) is 0 Å². The average Bonchev–Trinajstić information content (AvgIpc) is 2.64. The quantitative estimate of drug-likeness (QED) is 0.752. The molecule has 1 atom stereocenters. The molecule has 2 N–H and O–H groups in total. The number of pyridine rings is 1. The summed E-state index contributed by atoms with van der Waals surface area (Å²) < 4.78 is 11.9. The summed E-state index contributed by atoms with van der Waals surface area (Å²) in [5, 5.41) is 0. The molecule has 0 radical (unpaired) electrons. The molecule has 1 aliphatic rings. The number of anilines is 1. The highest BCUT2D eigenvalue weighted by molar-refractivity contribution is 7.99. The number of aromatic nitrogens is 1. The lowest BCUT2D eigenvalue weighted by atomic mass is 10.1. The molecule has 1 unspecified atom stereocenters. The molecule has 0 amide bonds. The summed E-state index contributed by atoms with van der Waals surface area (Å²) in [4.78, 5) is 5.23. The van der Waals surface area contributed by atoms with Gasteiger partial charge in [-0.1, -0.05) is 30.3 Å². The Morgan fingerprint density at radius 1 is 1.08 bits per heavy atom. The van der Waals surface area contributed by atoms with Crippen LogP contribution >= 0.6 is 11.8 Å². The Morgan fingerprint density at radius 2 is 1.96 bits per heavy atom. The minimum Gasteiger partial charge on any atom is -0.484 e. The Balaban J connectivity index is 1.52. The number of rotatable bonds is 3. The number of thioether (sulfide) groups is 1. The van der Waals surface area contributed by atoms with E-state index in [0.29, 0.717) is 11.6 Å². The summed E-state index contributed by atoms with van der Waals surface area (Å²) in [7, 11) is 0. The van der Waals surface area contributed by atoms with Crippen LogP contribution in [-0.2, 0) is 0 Å². The summed E-state index contributed by atoms with van der Waals surface area (Å²) in [5.41, 5.74) is 7.45. The first-order valence-corrected chi connectivity index (χ1v) is 8.64. The fraction of sp³-hybridized carbons (Fsp3) is 0.105. The van der Waals surface area contributed by atoms with Crippen molar-refractivity contribution < 1.29 is 9.47 Å². The summed E-state index contributed by atoms with van der Waals surface area (Å²) >= 11 is 1.77. The zero-order valence-corrected chi connectivity index (χ0v) is 13.7.